The molecule has 1 aliphatic heterocycles. The van der Waals surface area contributed by atoms with E-state index in [2.05, 4.69) is 22.5 Å². The van der Waals surface area contributed by atoms with Crippen molar-refractivity contribution in [2.24, 2.45) is 5.92 Å². The van der Waals surface area contributed by atoms with Gasteiger partial charge < -0.3 is 25.0 Å². The maximum atomic E-state index is 13.2. The minimum absolute atomic E-state index is 0.0704. The third-order valence-electron chi connectivity index (χ3n) is 5.97. The van der Waals surface area contributed by atoms with Crippen LogP contribution in [0.4, 0.5) is 5.69 Å². The Balaban J connectivity index is 1.58. The van der Waals surface area contributed by atoms with Gasteiger partial charge in [0.25, 0.3) is 11.8 Å². The predicted molar refractivity (Wildman–Crippen MR) is 134 cm³/mol. The second-order valence-electron chi connectivity index (χ2n) is 8.71. The molecule has 3 atom stereocenters. The number of fused-ring (bicyclic) bond motifs is 2. The Kier molecular flexibility index (Phi) is 7.45. The van der Waals surface area contributed by atoms with Gasteiger partial charge in [-0.15, -0.1) is 11.3 Å². The van der Waals surface area contributed by atoms with Crippen LogP contribution in [-0.4, -0.2) is 67.7 Å². The second kappa shape index (κ2) is 10.5. The Hall–Kier alpha value is -3.01. The number of likely N-dealkylation sites (N-methyl/N-ethyl adjacent to an activating group) is 1. The molecule has 0 fully saturated rings. The molecule has 0 saturated heterocycles. The number of thiazole rings is 1. The minimum atomic E-state index is -0.301. The summed E-state index contributed by atoms with van der Waals surface area (Å²) >= 11 is 1.34. The maximum absolute atomic E-state index is 13.2. The molecule has 2 heterocycles. The van der Waals surface area contributed by atoms with E-state index in [1.807, 2.05) is 31.2 Å². The number of methoxy groups -OCH3 is 1. The van der Waals surface area contributed by atoms with Gasteiger partial charge >= 0.3 is 0 Å². The van der Waals surface area contributed by atoms with Crippen molar-refractivity contribution in [1.82, 2.24) is 15.2 Å². The number of carbonyl (C=O) groups is 2. The highest BCUT2D eigenvalue weighted by atomic mass is 32.1. The van der Waals surface area contributed by atoms with E-state index in [0.717, 1.165) is 16.8 Å². The Morgan fingerprint density at radius 2 is 2.06 bits per heavy atom. The summed E-state index contributed by atoms with van der Waals surface area (Å²) in [6.45, 7) is 5.72. The van der Waals surface area contributed by atoms with Gasteiger partial charge in [-0.25, -0.2) is 4.98 Å². The average Bonchev–Trinajstić information content (AvgIpc) is 3.28. The van der Waals surface area contributed by atoms with Gasteiger partial charge in [-0.3, -0.25) is 9.59 Å². The van der Waals surface area contributed by atoms with E-state index >= 15 is 0 Å². The summed E-state index contributed by atoms with van der Waals surface area (Å²) in [5.74, 6) is 0.191. The fraction of sp³-hybridized carbons (Fsp3) is 0.400. The summed E-state index contributed by atoms with van der Waals surface area (Å²) in [7, 11) is 3.43. The first-order valence-electron chi connectivity index (χ1n) is 11.3. The van der Waals surface area contributed by atoms with Gasteiger partial charge in [0.15, 0.2) is 5.01 Å². The summed E-state index contributed by atoms with van der Waals surface area (Å²) in [5.41, 5.74) is 1.77. The topological polar surface area (TPSA) is 92.8 Å². The number of hydrogen-bond acceptors (Lipinski definition) is 7. The number of hydrogen-bond donors (Lipinski definition) is 2. The first kappa shape index (κ1) is 24.1. The molecule has 3 aromatic rings. The summed E-state index contributed by atoms with van der Waals surface area (Å²) in [4.78, 5) is 32.1. The molecule has 4 rings (SSSR count). The van der Waals surface area contributed by atoms with Crippen LogP contribution < -0.4 is 15.4 Å². The van der Waals surface area contributed by atoms with E-state index in [0.29, 0.717) is 35.2 Å². The van der Waals surface area contributed by atoms with Crippen LogP contribution in [-0.2, 0) is 4.74 Å². The van der Waals surface area contributed by atoms with Crippen LogP contribution in [0.2, 0.25) is 0 Å². The zero-order valence-corrected chi connectivity index (χ0v) is 20.6. The Bertz CT molecular complexity index is 1150. The molecular formula is C25H30N4O4S. The van der Waals surface area contributed by atoms with Crippen LogP contribution in [0.1, 0.15) is 34.0 Å². The highest BCUT2D eigenvalue weighted by Gasteiger charge is 2.25. The third kappa shape index (κ3) is 5.38. The smallest absolute Gasteiger partial charge is 0.284 e. The molecule has 180 valence electrons. The molecule has 0 unspecified atom stereocenters. The summed E-state index contributed by atoms with van der Waals surface area (Å²) < 4.78 is 12.7. The maximum Gasteiger partial charge on any atom is 0.284 e. The molecule has 0 spiro atoms. The lowest BCUT2D eigenvalue weighted by atomic mass is 10.0. The number of carbonyl (C=O) groups excluding carboxylic acids is 2. The van der Waals surface area contributed by atoms with Gasteiger partial charge in [0.05, 0.1) is 21.9 Å². The van der Waals surface area contributed by atoms with Gasteiger partial charge in [-0.05, 0) is 37.1 Å². The zero-order valence-electron chi connectivity index (χ0n) is 19.8. The fourth-order valence-corrected chi connectivity index (χ4v) is 4.75. The predicted octanol–water partition coefficient (Wildman–Crippen LogP) is 3.64. The molecule has 8 nitrogen and oxygen atoms in total. The van der Waals surface area contributed by atoms with Crippen LogP contribution >= 0.6 is 11.3 Å². The molecule has 34 heavy (non-hydrogen) atoms. The van der Waals surface area contributed by atoms with E-state index in [-0.39, 0.29) is 29.9 Å². The van der Waals surface area contributed by atoms with Crippen molar-refractivity contribution in [3.63, 3.8) is 0 Å². The summed E-state index contributed by atoms with van der Waals surface area (Å²) in [6.07, 6.45) is -0.0928. The minimum Gasteiger partial charge on any atom is -0.491 e. The highest BCUT2D eigenvalue weighted by Crippen LogP contribution is 2.27. The number of rotatable bonds is 3. The first-order valence-corrected chi connectivity index (χ1v) is 12.1. The first-order chi connectivity index (χ1) is 16.4. The van der Waals surface area contributed by atoms with Crippen molar-refractivity contribution in [3.8, 4) is 5.75 Å². The number of para-hydroxylation sites is 1. The van der Waals surface area contributed by atoms with Crippen molar-refractivity contribution in [1.29, 1.82) is 0 Å². The molecule has 2 N–H and O–H groups in total. The lowest BCUT2D eigenvalue weighted by molar-refractivity contribution is 0.0281. The lowest BCUT2D eigenvalue weighted by Gasteiger charge is -2.30. The van der Waals surface area contributed by atoms with E-state index in [1.54, 1.807) is 37.3 Å². The van der Waals surface area contributed by atoms with E-state index in [1.165, 1.54) is 11.3 Å². The third-order valence-corrected chi connectivity index (χ3v) is 7.01. The number of amides is 2. The van der Waals surface area contributed by atoms with Crippen LogP contribution in [0.25, 0.3) is 10.2 Å². The molecular weight excluding hydrogens is 452 g/mol. The monoisotopic (exact) mass is 482 g/mol. The van der Waals surface area contributed by atoms with Crippen LogP contribution in [0.5, 0.6) is 5.75 Å². The van der Waals surface area contributed by atoms with Gasteiger partial charge in [0.2, 0.25) is 0 Å². The van der Waals surface area contributed by atoms with Gasteiger partial charge in [0, 0.05) is 45.0 Å². The molecule has 2 aromatic carbocycles. The second-order valence-corrected chi connectivity index (χ2v) is 9.74. The Morgan fingerprint density at radius 1 is 1.26 bits per heavy atom. The fourth-order valence-electron chi connectivity index (χ4n) is 3.89. The van der Waals surface area contributed by atoms with Crippen LogP contribution in [0.3, 0.4) is 0 Å². The number of nitrogens with one attached hydrogen (secondary N) is 2. The molecule has 0 saturated carbocycles. The number of benzene rings is 2. The molecule has 1 aromatic heterocycles. The van der Waals surface area contributed by atoms with Crippen molar-refractivity contribution in [2.75, 3.05) is 39.2 Å². The molecule has 0 bridgehead atoms. The molecule has 0 aliphatic carbocycles. The number of anilines is 1. The Labute approximate surface area is 203 Å². The standard InChI is InChI=1S/C25H30N4O4S/c1-15-12-26-16(2)14-33-20-11-17(9-10-18(20)25(31)29(3)13-21(15)32-4)27-23(30)24-28-19-7-5-6-8-22(19)34-24/h5-11,15-16,21,26H,12-14H2,1-4H3,(H,27,30)/t15-,16-,21+/m1/s1. The number of ether oxygens (including phenoxy) is 2. The van der Waals surface area contributed by atoms with Gasteiger partial charge in [-0.2, -0.15) is 0 Å². The molecule has 0 radical (unpaired) electrons. The number of aromatic nitrogens is 1. The van der Waals surface area contributed by atoms with Crippen LogP contribution in [0, 0.1) is 5.92 Å². The number of nitrogens with zero attached hydrogens (tertiary/aromatic N) is 2. The van der Waals surface area contributed by atoms with E-state index in [9.17, 15) is 9.59 Å². The van der Waals surface area contributed by atoms with Crippen LogP contribution in [0.15, 0.2) is 42.5 Å². The molecule has 1 aliphatic rings. The van der Waals surface area contributed by atoms with E-state index in [4.69, 9.17) is 9.47 Å². The normalized spacial score (nSPS) is 21.8. The van der Waals surface area contributed by atoms with Gasteiger partial charge in [-0.1, -0.05) is 19.1 Å². The van der Waals surface area contributed by atoms with Crippen molar-refractivity contribution in [3.05, 3.63) is 53.0 Å². The molecule has 9 heteroatoms. The van der Waals surface area contributed by atoms with E-state index < -0.39 is 0 Å². The average molecular weight is 483 g/mol. The largest absolute Gasteiger partial charge is 0.491 e. The molecule has 2 amide bonds. The summed E-state index contributed by atoms with van der Waals surface area (Å²) in [6, 6.07) is 12.8. The van der Waals surface area contributed by atoms with Crippen molar-refractivity contribution < 1.29 is 19.1 Å². The lowest BCUT2D eigenvalue weighted by Crippen LogP contribution is -2.44. The van der Waals surface area contributed by atoms with Crippen molar-refractivity contribution >= 4 is 39.1 Å². The highest BCUT2D eigenvalue weighted by molar-refractivity contribution is 7.20. The summed E-state index contributed by atoms with van der Waals surface area (Å²) in [5, 5.41) is 6.73. The van der Waals surface area contributed by atoms with Gasteiger partial charge in [0.1, 0.15) is 12.4 Å². The quantitative estimate of drug-likeness (QED) is 0.592. The SMILES string of the molecule is CO[C@H]1CN(C)C(=O)c2ccc(NC(=O)c3nc4ccccc4s3)cc2OC[C@@H](C)NC[C@H]1C. The van der Waals surface area contributed by atoms with Crippen molar-refractivity contribution in [2.45, 2.75) is 26.0 Å². The Morgan fingerprint density at radius 3 is 2.82 bits per heavy atom. The zero-order chi connectivity index (χ0) is 24.2.